The summed E-state index contributed by atoms with van der Waals surface area (Å²) in [7, 11) is 0. The molecule has 7 heteroatoms. The standard InChI is InChI=1S/C30H32BN3O3/c1-30(2,3)37-29(35)24(32)17-22-15-16-23(18-27(22)36-19-20-9-5-4-6-10-20)31-33-25-13-7-11-21-12-8-14-26(34-31)28(21)25/h4-16,18,24,33-34H,17,19,32H2,1-3H3. The van der Waals surface area contributed by atoms with E-state index < -0.39 is 17.6 Å². The third-order valence-electron chi connectivity index (χ3n) is 6.32. The molecule has 0 radical (unpaired) electrons. The molecule has 188 valence electrons. The fraction of sp³-hybridized carbons (Fsp3) is 0.233. The molecular weight excluding hydrogens is 461 g/mol. The maximum absolute atomic E-state index is 12.6. The lowest BCUT2D eigenvalue weighted by Crippen LogP contribution is -2.48. The van der Waals surface area contributed by atoms with Crippen molar-refractivity contribution in [3.05, 3.63) is 96.1 Å². The summed E-state index contributed by atoms with van der Waals surface area (Å²) in [4.78, 5) is 12.6. The molecule has 1 unspecified atom stereocenters. The van der Waals surface area contributed by atoms with E-state index in [4.69, 9.17) is 15.2 Å². The second-order valence-corrected chi connectivity index (χ2v) is 10.4. The number of nitrogens with two attached hydrogens (primary N) is 1. The van der Waals surface area contributed by atoms with Gasteiger partial charge in [0.25, 0.3) is 0 Å². The quantitative estimate of drug-likeness (QED) is 0.252. The maximum atomic E-state index is 12.6. The molecule has 4 aromatic rings. The summed E-state index contributed by atoms with van der Waals surface area (Å²) in [6.45, 7) is 5.77. The number of anilines is 2. The van der Waals surface area contributed by atoms with Crippen LogP contribution in [0, 0.1) is 0 Å². The molecule has 0 bridgehead atoms. The van der Waals surface area contributed by atoms with Gasteiger partial charge < -0.3 is 25.7 Å². The van der Waals surface area contributed by atoms with Gasteiger partial charge in [-0.2, -0.15) is 0 Å². The first-order valence-corrected chi connectivity index (χ1v) is 12.6. The molecule has 0 saturated carbocycles. The van der Waals surface area contributed by atoms with Gasteiger partial charge in [0.15, 0.2) is 0 Å². The molecule has 37 heavy (non-hydrogen) atoms. The summed E-state index contributed by atoms with van der Waals surface area (Å²) < 4.78 is 11.8. The van der Waals surface area contributed by atoms with Crippen molar-refractivity contribution in [2.45, 2.75) is 45.4 Å². The van der Waals surface area contributed by atoms with Gasteiger partial charge in [0.1, 0.15) is 24.0 Å². The van der Waals surface area contributed by atoms with E-state index in [1.165, 1.54) is 10.8 Å². The Bertz CT molecular complexity index is 1380. The zero-order valence-electron chi connectivity index (χ0n) is 21.5. The Morgan fingerprint density at radius 3 is 2.24 bits per heavy atom. The lowest BCUT2D eigenvalue weighted by molar-refractivity contribution is -0.156. The third kappa shape index (κ3) is 5.73. The van der Waals surface area contributed by atoms with Gasteiger partial charge in [-0.05, 0) is 60.9 Å². The Labute approximate surface area is 218 Å². The molecule has 0 fully saturated rings. The van der Waals surface area contributed by atoms with Gasteiger partial charge in [0.05, 0.1) is 0 Å². The summed E-state index contributed by atoms with van der Waals surface area (Å²) in [5.74, 6) is 0.270. The predicted molar refractivity (Wildman–Crippen MR) is 151 cm³/mol. The van der Waals surface area contributed by atoms with Crippen molar-refractivity contribution < 1.29 is 14.3 Å². The SMILES string of the molecule is CC(C)(C)OC(=O)C(N)Cc1ccc(B2Nc3cccc4cccc(c34)N2)cc1OCc1ccccc1. The van der Waals surface area contributed by atoms with Crippen molar-refractivity contribution in [3.63, 3.8) is 0 Å². The van der Waals surface area contributed by atoms with Crippen LogP contribution in [0.5, 0.6) is 5.75 Å². The lowest BCUT2D eigenvalue weighted by Gasteiger charge is -2.27. The van der Waals surface area contributed by atoms with E-state index in [9.17, 15) is 4.79 Å². The van der Waals surface area contributed by atoms with Crippen LogP contribution in [0.15, 0.2) is 84.9 Å². The van der Waals surface area contributed by atoms with Crippen LogP contribution in [-0.4, -0.2) is 24.6 Å². The molecule has 5 rings (SSSR count). The number of hydrogen-bond donors (Lipinski definition) is 3. The first-order valence-electron chi connectivity index (χ1n) is 12.6. The number of nitrogens with one attached hydrogen (secondary N) is 2. The summed E-state index contributed by atoms with van der Waals surface area (Å²) in [5, 5.41) is 9.60. The van der Waals surface area contributed by atoms with Gasteiger partial charge in [-0.1, -0.05) is 66.7 Å². The fourth-order valence-electron chi connectivity index (χ4n) is 4.58. The van der Waals surface area contributed by atoms with E-state index in [-0.39, 0.29) is 6.98 Å². The molecule has 0 aromatic heterocycles. The van der Waals surface area contributed by atoms with Crippen LogP contribution in [0.3, 0.4) is 0 Å². The second-order valence-electron chi connectivity index (χ2n) is 10.4. The van der Waals surface area contributed by atoms with Gasteiger partial charge in [-0.25, -0.2) is 0 Å². The largest absolute Gasteiger partial charge is 0.489 e. The highest BCUT2D eigenvalue weighted by molar-refractivity contribution is 6.80. The second kappa shape index (κ2) is 10.2. The Morgan fingerprint density at radius 1 is 0.919 bits per heavy atom. The molecular formula is C30H32BN3O3. The van der Waals surface area contributed by atoms with Gasteiger partial charge in [-0.15, -0.1) is 0 Å². The molecule has 1 atom stereocenters. The van der Waals surface area contributed by atoms with E-state index in [2.05, 4.69) is 46.9 Å². The van der Waals surface area contributed by atoms with Gasteiger partial charge in [0.2, 0.25) is 0 Å². The van der Waals surface area contributed by atoms with Crippen LogP contribution in [0.4, 0.5) is 11.4 Å². The van der Waals surface area contributed by atoms with Gasteiger partial charge in [0, 0.05) is 23.2 Å². The number of rotatable bonds is 7. The van der Waals surface area contributed by atoms with Crippen LogP contribution < -0.4 is 26.4 Å². The molecule has 0 saturated heterocycles. The third-order valence-corrected chi connectivity index (χ3v) is 6.32. The minimum atomic E-state index is -0.792. The lowest BCUT2D eigenvalue weighted by atomic mass is 9.65. The molecule has 0 aliphatic carbocycles. The molecule has 0 spiro atoms. The normalized spacial score (nSPS) is 13.5. The van der Waals surface area contributed by atoms with Crippen molar-refractivity contribution in [1.82, 2.24) is 0 Å². The minimum absolute atomic E-state index is 0.145. The number of benzene rings is 4. The van der Waals surface area contributed by atoms with E-state index in [0.29, 0.717) is 18.8 Å². The molecule has 6 nitrogen and oxygen atoms in total. The molecule has 1 aliphatic heterocycles. The number of carbonyl (C=O) groups excluding carboxylic acids is 1. The Morgan fingerprint density at radius 2 is 1.59 bits per heavy atom. The van der Waals surface area contributed by atoms with Crippen molar-refractivity contribution >= 4 is 40.6 Å². The predicted octanol–water partition coefficient (Wildman–Crippen LogP) is 4.86. The number of hydrogen-bond acceptors (Lipinski definition) is 6. The van der Waals surface area contributed by atoms with Gasteiger partial charge in [-0.3, -0.25) is 4.79 Å². The number of esters is 1. The van der Waals surface area contributed by atoms with E-state index in [1.54, 1.807) is 0 Å². The highest BCUT2D eigenvalue weighted by atomic mass is 16.6. The van der Waals surface area contributed by atoms with E-state index in [0.717, 1.165) is 28.0 Å². The minimum Gasteiger partial charge on any atom is -0.489 e. The fourth-order valence-corrected chi connectivity index (χ4v) is 4.58. The smallest absolute Gasteiger partial charge is 0.406 e. The number of carbonyl (C=O) groups is 1. The van der Waals surface area contributed by atoms with Crippen molar-refractivity contribution in [3.8, 4) is 5.75 Å². The van der Waals surface area contributed by atoms with Crippen molar-refractivity contribution in [1.29, 1.82) is 0 Å². The summed E-state index contributed by atoms with van der Waals surface area (Å²) in [6, 6.07) is 27.8. The first kappa shape index (κ1) is 24.7. The van der Waals surface area contributed by atoms with Crippen LogP contribution in [0.1, 0.15) is 31.9 Å². The topological polar surface area (TPSA) is 85.6 Å². The highest BCUT2D eigenvalue weighted by Gasteiger charge is 2.28. The van der Waals surface area contributed by atoms with Crippen LogP contribution in [0.2, 0.25) is 0 Å². The Hall–Kier alpha value is -3.97. The zero-order valence-corrected chi connectivity index (χ0v) is 21.5. The monoisotopic (exact) mass is 493 g/mol. The van der Waals surface area contributed by atoms with Crippen LogP contribution >= 0.6 is 0 Å². The zero-order chi connectivity index (χ0) is 26.0. The van der Waals surface area contributed by atoms with Gasteiger partial charge >= 0.3 is 13.0 Å². The maximum Gasteiger partial charge on any atom is 0.406 e. The molecule has 0 amide bonds. The molecule has 1 aliphatic rings. The van der Waals surface area contributed by atoms with Crippen LogP contribution in [-0.2, 0) is 22.6 Å². The highest BCUT2D eigenvalue weighted by Crippen LogP contribution is 2.34. The van der Waals surface area contributed by atoms with E-state index in [1.807, 2.05) is 69.3 Å². The van der Waals surface area contributed by atoms with Crippen molar-refractivity contribution in [2.75, 3.05) is 10.5 Å². The van der Waals surface area contributed by atoms with Crippen LogP contribution in [0.25, 0.3) is 10.8 Å². The average molecular weight is 493 g/mol. The van der Waals surface area contributed by atoms with Crippen molar-refractivity contribution in [2.24, 2.45) is 5.73 Å². The Balaban J connectivity index is 1.42. The Kier molecular flexibility index (Phi) is 6.81. The molecule has 4 aromatic carbocycles. The molecule has 1 heterocycles. The average Bonchev–Trinajstić information content (AvgIpc) is 2.88. The summed E-state index contributed by atoms with van der Waals surface area (Å²) >= 11 is 0. The molecule has 4 N–H and O–H groups in total. The summed E-state index contributed by atoms with van der Waals surface area (Å²) in [6.07, 6.45) is 0.312. The summed E-state index contributed by atoms with van der Waals surface area (Å²) in [5.41, 5.74) is 10.8. The van der Waals surface area contributed by atoms with E-state index >= 15 is 0 Å². The number of ether oxygens (including phenoxy) is 2. The first-order chi connectivity index (χ1) is 17.8.